The van der Waals surface area contributed by atoms with E-state index in [0.29, 0.717) is 0 Å². The van der Waals surface area contributed by atoms with Gasteiger partial charge in [0.1, 0.15) is 0 Å². The van der Waals surface area contributed by atoms with Crippen LogP contribution in [0.4, 0.5) is 0 Å². The average Bonchev–Trinajstić information content (AvgIpc) is 2.33. The van der Waals surface area contributed by atoms with E-state index in [-0.39, 0.29) is 12.5 Å². The van der Waals surface area contributed by atoms with E-state index in [1.807, 2.05) is 6.92 Å². The van der Waals surface area contributed by atoms with Crippen molar-refractivity contribution >= 4 is 28.9 Å². The monoisotopic (exact) mass is 366 g/mol. The topological polar surface area (TPSA) is 55.1 Å². The second-order valence-corrected chi connectivity index (χ2v) is 3.71. The number of amides is 1. The van der Waals surface area contributed by atoms with Crippen LogP contribution < -0.4 is 11.1 Å². The number of nitrogens with two attached hydrogens (primary N) is 1. The molecule has 0 aliphatic carbocycles. The van der Waals surface area contributed by atoms with Crippen molar-refractivity contribution in [1.82, 2.24) is 5.32 Å². The second kappa shape index (κ2) is 30.2. The van der Waals surface area contributed by atoms with E-state index in [0.717, 1.165) is 5.92 Å². The molecular weight excluding hydrogens is 334 g/mol. The van der Waals surface area contributed by atoms with Crippen molar-refractivity contribution in [2.24, 2.45) is 11.7 Å². The Labute approximate surface area is 128 Å². The molecule has 3 N–H and O–H groups in total. The molecule has 1 amide bonds. The second-order valence-electron chi connectivity index (χ2n) is 3.71. The van der Waals surface area contributed by atoms with Gasteiger partial charge in [-0.2, -0.15) is 0 Å². The van der Waals surface area contributed by atoms with E-state index in [1.54, 1.807) is 36.1 Å². The molecule has 0 saturated carbocycles. The Hall–Kier alpha value is -0.0118. The fourth-order valence-electron chi connectivity index (χ4n) is 0.871. The molecule has 0 bridgehead atoms. The molecule has 4 heteroatoms. The Morgan fingerprint density at radius 2 is 1.83 bits per heavy atom. The van der Waals surface area contributed by atoms with Crippen molar-refractivity contribution in [2.75, 3.05) is 13.6 Å². The number of hydrogen-bond donors (Lipinski definition) is 2. The van der Waals surface area contributed by atoms with Crippen LogP contribution in [0.1, 0.15) is 47.0 Å². The normalized spacial score (nSPS) is 9.28. The van der Waals surface area contributed by atoms with Gasteiger partial charge >= 0.3 is 27.9 Å². The number of carbonyl (C=O) groups excluding carboxylic acids is 1. The molecule has 3 nitrogen and oxygen atoms in total. The average molecular weight is 367 g/mol. The fourth-order valence-corrected chi connectivity index (χ4v) is 0.871. The molecule has 0 aliphatic heterocycles. The van der Waals surface area contributed by atoms with E-state index in [4.69, 9.17) is 5.73 Å². The maximum absolute atomic E-state index is 9.76. The molecule has 0 heterocycles. The van der Waals surface area contributed by atoms with Crippen molar-refractivity contribution in [3.63, 3.8) is 0 Å². The van der Waals surface area contributed by atoms with Gasteiger partial charge in [-0.15, -0.1) is 6.58 Å². The number of primary amides is 1. The van der Waals surface area contributed by atoms with Crippen molar-refractivity contribution in [1.29, 1.82) is 0 Å². The molecule has 0 aromatic heterocycles. The third kappa shape index (κ3) is 56.3. The Morgan fingerprint density at radius 1 is 1.44 bits per heavy atom. The minimum atomic E-state index is -0.322. The molecule has 2 radical (unpaired) electrons. The van der Waals surface area contributed by atoms with Crippen LogP contribution in [-0.4, -0.2) is 42.5 Å². The van der Waals surface area contributed by atoms with Gasteiger partial charge in [0.15, 0.2) is 0 Å². The molecule has 18 heavy (non-hydrogen) atoms. The zero-order valence-electron chi connectivity index (χ0n) is 13.1. The fraction of sp³-hybridized carbons (Fsp3) is 0.786. The number of allylic oxidation sites excluding steroid dienone is 1. The number of nitrogens with one attached hydrogen (secondary N) is 1. The first kappa shape index (κ1) is 26.5. The summed E-state index contributed by atoms with van der Waals surface area (Å²) in [7, 11) is 1.67. The van der Waals surface area contributed by atoms with Crippen LogP contribution in [-0.2, 0) is 4.79 Å². The molecule has 1 unspecified atom stereocenters. The third-order valence-electron chi connectivity index (χ3n) is 1.83. The van der Waals surface area contributed by atoms with Crippen LogP contribution in [0, 0.1) is 5.92 Å². The standard InChI is InChI=1S/C7H16.C3H8N2O.C3H6.CH3.Sb/c1-4-6-7(3)5-2;1-5-2-3(4)6;1-3-2;;/h7H,4-6H2,1-3H3;5H,2H2,1H3,(H2,4,6);3H,1H2,2H3;1H3;. The summed E-state index contributed by atoms with van der Waals surface area (Å²) in [5, 5.41) is 2.59. The molecule has 0 saturated heterocycles. The van der Waals surface area contributed by atoms with Crippen LogP contribution in [0.25, 0.3) is 0 Å². The van der Waals surface area contributed by atoms with Crippen LogP contribution in [0.2, 0.25) is 4.87 Å². The summed E-state index contributed by atoms with van der Waals surface area (Å²) < 4.78 is 0. The summed E-state index contributed by atoms with van der Waals surface area (Å²) in [4.78, 5) is 11.8. The van der Waals surface area contributed by atoms with Gasteiger partial charge in [0.05, 0.1) is 6.54 Å². The summed E-state index contributed by atoms with van der Waals surface area (Å²) in [6, 6.07) is 0. The Kier molecular flexibility index (Phi) is 44.5. The number of likely N-dealkylation sites (N-methyl/N-ethyl adjacent to an activating group) is 1. The summed E-state index contributed by atoms with van der Waals surface area (Å²) in [6.07, 6.45) is 5.83. The van der Waals surface area contributed by atoms with Crippen molar-refractivity contribution in [2.45, 2.75) is 51.8 Å². The van der Waals surface area contributed by atoms with Gasteiger partial charge in [0, 0.05) is 0 Å². The number of rotatable bonds is 5. The molecule has 110 valence electrons. The molecule has 0 fully saturated rings. The first-order chi connectivity index (χ1) is 8.49. The first-order valence-corrected chi connectivity index (χ1v) is 8.99. The van der Waals surface area contributed by atoms with Gasteiger partial charge in [0.2, 0.25) is 5.91 Å². The van der Waals surface area contributed by atoms with Crippen molar-refractivity contribution in [3.05, 3.63) is 12.7 Å². The molecule has 0 aliphatic rings. The van der Waals surface area contributed by atoms with Gasteiger partial charge in [-0.25, -0.2) is 0 Å². The van der Waals surface area contributed by atoms with E-state index >= 15 is 0 Å². The quantitative estimate of drug-likeness (QED) is 0.580. The van der Waals surface area contributed by atoms with E-state index in [9.17, 15) is 4.79 Å². The SMILES string of the molecule is C=CC.CCCC(C)CC.CNCC(N)=O.[CH3][Sb]. The predicted octanol–water partition coefficient (Wildman–Crippen LogP) is 2.92. The van der Waals surface area contributed by atoms with E-state index in [2.05, 4.69) is 37.5 Å². The van der Waals surface area contributed by atoms with E-state index in [1.165, 1.54) is 19.3 Å². The number of hydrogen-bond acceptors (Lipinski definition) is 2. The summed E-state index contributed by atoms with van der Waals surface area (Å²) in [6.45, 7) is 12.3. The molecule has 0 aromatic rings. The zero-order chi connectivity index (χ0) is 15.4. The van der Waals surface area contributed by atoms with Crippen LogP contribution in [0.3, 0.4) is 0 Å². The van der Waals surface area contributed by atoms with E-state index < -0.39 is 0 Å². The van der Waals surface area contributed by atoms with Gasteiger partial charge in [-0.1, -0.05) is 46.1 Å². The Morgan fingerprint density at radius 3 is 1.89 bits per heavy atom. The van der Waals surface area contributed by atoms with Gasteiger partial charge in [0.25, 0.3) is 0 Å². The molecule has 0 spiro atoms. The Balaban J connectivity index is -0.0000000811. The van der Waals surface area contributed by atoms with Gasteiger partial charge in [-0.3, -0.25) is 4.79 Å². The summed E-state index contributed by atoms with van der Waals surface area (Å²) >= 11 is 1.75. The summed E-state index contributed by atoms with van der Waals surface area (Å²) in [5.41, 5.74) is 4.70. The maximum atomic E-state index is 9.76. The third-order valence-corrected chi connectivity index (χ3v) is 1.83. The predicted molar refractivity (Wildman–Crippen MR) is 85.0 cm³/mol. The number of carbonyl (C=O) groups is 1. The van der Waals surface area contributed by atoms with Crippen molar-refractivity contribution < 1.29 is 4.79 Å². The molecular formula is C14H33N2OSb. The van der Waals surface area contributed by atoms with Gasteiger partial charge in [-0.05, 0) is 19.9 Å². The van der Waals surface area contributed by atoms with Crippen LogP contribution >= 0.6 is 0 Å². The molecule has 0 rings (SSSR count). The van der Waals surface area contributed by atoms with Gasteiger partial charge < -0.3 is 11.1 Å². The van der Waals surface area contributed by atoms with Crippen LogP contribution in [0.15, 0.2) is 12.7 Å². The zero-order valence-corrected chi connectivity index (χ0v) is 15.7. The molecule has 0 aromatic carbocycles. The minimum absolute atomic E-state index is 0.264. The Bertz CT molecular complexity index is 153. The molecule has 1 atom stereocenters. The van der Waals surface area contributed by atoms with Crippen LogP contribution in [0.5, 0.6) is 0 Å². The van der Waals surface area contributed by atoms with Crippen molar-refractivity contribution in [3.8, 4) is 0 Å². The summed E-state index contributed by atoms with van der Waals surface area (Å²) in [5.74, 6) is 0.627. The first-order valence-electron chi connectivity index (χ1n) is 6.44.